The lowest BCUT2D eigenvalue weighted by atomic mass is 10.1. The van der Waals surface area contributed by atoms with Gasteiger partial charge in [-0.15, -0.1) is 11.3 Å². The van der Waals surface area contributed by atoms with Crippen molar-refractivity contribution in [3.63, 3.8) is 0 Å². The average molecular weight is 388 g/mol. The fourth-order valence-corrected chi connectivity index (χ4v) is 4.18. The average Bonchev–Trinajstić information content (AvgIpc) is 3.35. The summed E-state index contributed by atoms with van der Waals surface area (Å²) < 4.78 is 5.39. The molecule has 0 radical (unpaired) electrons. The maximum absolute atomic E-state index is 12.7. The summed E-state index contributed by atoms with van der Waals surface area (Å²) >= 11 is 1.35. The van der Waals surface area contributed by atoms with Crippen LogP contribution in [-0.4, -0.2) is 15.9 Å². The summed E-state index contributed by atoms with van der Waals surface area (Å²) in [6.07, 6.45) is 1.58. The van der Waals surface area contributed by atoms with E-state index in [0.29, 0.717) is 28.6 Å². The first kappa shape index (κ1) is 17.9. The van der Waals surface area contributed by atoms with Crippen molar-refractivity contribution in [1.82, 2.24) is 15.3 Å². The van der Waals surface area contributed by atoms with Gasteiger partial charge in [0, 0.05) is 11.9 Å². The van der Waals surface area contributed by atoms with E-state index in [1.54, 1.807) is 24.5 Å². The Morgan fingerprint density at radius 1 is 1.21 bits per heavy atom. The third-order valence-electron chi connectivity index (χ3n) is 4.45. The van der Waals surface area contributed by atoms with E-state index in [9.17, 15) is 4.79 Å². The first-order valence-electron chi connectivity index (χ1n) is 8.65. The number of amides is 1. The van der Waals surface area contributed by atoms with Gasteiger partial charge in [-0.1, -0.05) is 12.1 Å². The number of aryl methyl sites for hydroxylation is 2. The molecule has 0 saturated carbocycles. The number of carbonyl (C=O) groups excluding carboxylic acids is 1. The third-order valence-corrected chi connectivity index (χ3v) is 5.64. The van der Waals surface area contributed by atoms with Crippen LogP contribution in [0.25, 0.3) is 21.8 Å². The van der Waals surface area contributed by atoms with Gasteiger partial charge in [-0.25, -0.2) is 9.97 Å². The van der Waals surface area contributed by atoms with Crippen LogP contribution in [0.15, 0.2) is 47.1 Å². The highest BCUT2D eigenvalue weighted by Crippen LogP contribution is 2.33. The Balaban J connectivity index is 1.61. The molecule has 3 heterocycles. The molecule has 28 heavy (non-hydrogen) atoms. The number of hydrogen-bond acceptors (Lipinski definition) is 6. The van der Waals surface area contributed by atoms with Gasteiger partial charge in [-0.05, 0) is 49.2 Å². The lowest BCUT2D eigenvalue weighted by Crippen LogP contribution is -2.22. The number of fused-ring (bicyclic) bond motifs is 1. The molecule has 0 bridgehead atoms. The molecule has 3 aromatic heterocycles. The Hall–Kier alpha value is -3.50. The maximum Gasteiger partial charge on any atom is 0.261 e. The number of nitriles is 1. The topological polar surface area (TPSA) is 91.8 Å². The molecule has 0 unspecified atom stereocenters. The highest BCUT2D eigenvalue weighted by Gasteiger charge is 2.20. The van der Waals surface area contributed by atoms with Crippen molar-refractivity contribution in [2.75, 3.05) is 0 Å². The van der Waals surface area contributed by atoms with Gasteiger partial charge in [0.15, 0.2) is 11.6 Å². The Labute approximate surface area is 165 Å². The van der Waals surface area contributed by atoms with Gasteiger partial charge in [0.1, 0.15) is 4.83 Å². The highest BCUT2D eigenvalue weighted by atomic mass is 32.1. The van der Waals surface area contributed by atoms with Crippen LogP contribution in [0.4, 0.5) is 0 Å². The monoisotopic (exact) mass is 388 g/mol. The fraction of sp³-hybridized carbons (Fsp3) is 0.143. The summed E-state index contributed by atoms with van der Waals surface area (Å²) in [5, 5.41) is 12.7. The molecule has 0 aliphatic carbocycles. The molecule has 1 aromatic carbocycles. The van der Waals surface area contributed by atoms with E-state index in [4.69, 9.17) is 9.68 Å². The maximum atomic E-state index is 12.7. The molecule has 1 amide bonds. The highest BCUT2D eigenvalue weighted by molar-refractivity contribution is 7.20. The van der Waals surface area contributed by atoms with Crippen LogP contribution in [0, 0.1) is 25.2 Å². The molecule has 7 heteroatoms. The second kappa shape index (κ2) is 7.25. The van der Waals surface area contributed by atoms with Gasteiger partial charge in [-0.3, -0.25) is 4.79 Å². The molecular weight excluding hydrogens is 372 g/mol. The number of thiophene rings is 1. The van der Waals surface area contributed by atoms with Crippen molar-refractivity contribution in [2.24, 2.45) is 0 Å². The normalized spacial score (nSPS) is 10.8. The quantitative estimate of drug-likeness (QED) is 0.560. The summed E-state index contributed by atoms with van der Waals surface area (Å²) in [7, 11) is 0. The van der Waals surface area contributed by atoms with Crippen LogP contribution in [0.1, 0.15) is 32.1 Å². The largest absolute Gasteiger partial charge is 0.461 e. The number of furan rings is 1. The molecule has 4 aromatic rings. The van der Waals surface area contributed by atoms with Crippen LogP contribution in [0.3, 0.4) is 0 Å². The number of carbonyl (C=O) groups is 1. The molecular formula is C21H16N4O2S. The zero-order valence-electron chi connectivity index (χ0n) is 15.3. The smallest absolute Gasteiger partial charge is 0.261 e. The minimum atomic E-state index is -0.149. The molecule has 4 rings (SSSR count). The van der Waals surface area contributed by atoms with Gasteiger partial charge >= 0.3 is 0 Å². The van der Waals surface area contributed by atoms with Crippen LogP contribution in [-0.2, 0) is 6.54 Å². The van der Waals surface area contributed by atoms with E-state index in [0.717, 1.165) is 27.0 Å². The molecule has 1 N–H and O–H groups in total. The van der Waals surface area contributed by atoms with E-state index in [2.05, 4.69) is 21.4 Å². The zero-order valence-corrected chi connectivity index (χ0v) is 16.1. The molecule has 0 fully saturated rings. The lowest BCUT2D eigenvalue weighted by molar-refractivity contribution is 0.0954. The first-order chi connectivity index (χ1) is 13.6. The Morgan fingerprint density at radius 2 is 2.00 bits per heavy atom. The Morgan fingerprint density at radius 3 is 2.68 bits per heavy atom. The van der Waals surface area contributed by atoms with Gasteiger partial charge in [-0.2, -0.15) is 5.26 Å². The van der Waals surface area contributed by atoms with Crippen LogP contribution in [0.5, 0.6) is 0 Å². The van der Waals surface area contributed by atoms with E-state index >= 15 is 0 Å². The van der Waals surface area contributed by atoms with Crippen LogP contribution >= 0.6 is 11.3 Å². The predicted molar refractivity (Wildman–Crippen MR) is 107 cm³/mol. The van der Waals surface area contributed by atoms with Gasteiger partial charge in [0.25, 0.3) is 5.91 Å². The van der Waals surface area contributed by atoms with E-state index in [1.165, 1.54) is 11.3 Å². The van der Waals surface area contributed by atoms with E-state index in [-0.39, 0.29) is 5.91 Å². The fourth-order valence-electron chi connectivity index (χ4n) is 3.03. The number of rotatable bonds is 4. The number of aromatic nitrogens is 2. The number of nitrogens with zero attached hydrogens (tertiary/aromatic N) is 3. The lowest BCUT2D eigenvalue weighted by Gasteiger charge is -2.05. The van der Waals surface area contributed by atoms with Gasteiger partial charge in [0.2, 0.25) is 0 Å². The Kier molecular flexibility index (Phi) is 4.63. The molecule has 0 aliphatic rings. The van der Waals surface area contributed by atoms with Gasteiger partial charge in [0.05, 0.1) is 28.5 Å². The van der Waals surface area contributed by atoms with E-state index in [1.807, 2.05) is 32.0 Å². The number of benzene rings is 1. The third kappa shape index (κ3) is 3.26. The van der Waals surface area contributed by atoms with Crippen molar-refractivity contribution >= 4 is 27.5 Å². The predicted octanol–water partition coefficient (Wildman–Crippen LogP) is 4.37. The van der Waals surface area contributed by atoms with Crippen molar-refractivity contribution in [1.29, 1.82) is 5.26 Å². The van der Waals surface area contributed by atoms with Gasteiger partial charge < -0.3 is 9.73 Å². The minimum Gasteiger partial charge on any atom is -0.461 e. The summed E-state index contributed by atoms with van der Waals surface area (Å²) in [5.41, 5.74) is 3.22. The standard InChI is InChI=1S/C21H16N4O2S/c1-12-17-13(2)24-19(16-4-3-9-27-16)25-21(17)28-18(12)20(26)23-11-15-7-5-14(10-22)6-8-15/h3-9H,11H2,1-2H3,(H,23,26). The van der Waals surface area contributed by atoms with Crippen molar-refractivity contribution in [3.8, 4) is 17.7 Å². The summed E-state index contributed by atoms with van der Waals surface area (Å²) in [4.78, 5) is 23.2. The molecule has 0 spiro atoms. The minimum absolute atomic E-state index is 0.149. The summed E-state index contributed by atoms with van der Waals surface area (Å²) in [6.45, 7) is 4.22. The molecule has 0 aliphatic heterocycles. The van der Waals surface area contributed by atoms with Crippen LogP contribution in [0.2, 0.25) is 0 Å². The second-order valence-electron chi connectivity index (χ2n) is 6.34. The SMILES string of the molecule is Cc1nc(-c2ccco2)nc2sc(C(=O)NCc3ccc(C#N)cc3)c(C)c12. The molecule has 0 saturated heterocycles. The number of hydrogen-bond donors (Lipinski definition) is 1. The molecule has 0 atom stereocenters. The van der Waals surface area contributed by atoms with Crippen molar-refractivity contribution in [2.45, 2.75) is 20.4 Å². The second-order valence-corrected chi connectivity index (χ2v) is 7.34. The summed E-state index contributed by atoms with van der Waals surface area (Å²) in [5.74, 6) is 0.965. The van der Waals surface area contributed by atoms with E-state index < -0.39 is 0 Å². The number of nitrogens with one attached hydrogen (secondary N) is 1. The zero-order chi connectivity index (χ0) is 19.7. The van der Waals surface area contributed by atoms with Crippen molar-refractivity contribution in [3.05, 3.63) is 69.9 Å². The van der Waals surface area contributed by atoms with Crippen molar-refractivity contribution < 1.29 is 9.21 Å². The van der Waals surface area contributed by atoms with Crippen LogP contribution < -0.4 is 5.32 Å². The first-order valence-corrected chi connectivity index (χ1v) is 9.47. The molecule has 6 nitrogen and oxygen atoms in total. The summed E-state index contributed by atoms with van der Waals surface area (Å²) in [6, 6.07) is 12.8. The Bertz CT molecular complexity index is 1200. The molecule has 138 valence electrons.